The Labute approximate surface area is 109 Å². The fourth-order valence-electron chi connectivity index (χ4n) is 1.79. The van der Waals surface area contributed by atoms with Crippen LogP contribution in [-0.4, -0.2) is 31.1 Å². The van der Waals surface area contributed by atoms with E-state index in [1.165, 1.54) is 20.0 Å². The number of benzene rings is 1. The Morgan fingerprint density at radius 1 is 1.22 bits per heavy atom. The summed E-state index contributed by atoms with van der Waals surface area (Å²) in [6, 6.07) is 5.49. The predicted molar refractivity (Wildman–Crippen MR) is 72.0 cm³/mol. The lowest BCUT2D eigenvalue weighted by Gasteiger charge is -2.12. The Morgan fingerprint density at radius 2 is 2.00 bits per heavy atom. The van der Waals surface area contributed by atoms with Crippen LogP contribution in [0, 0.1) is 0 Å². The van der Waals surface area contributed by atoms with Gasteiger partial charge in [0.05, 0.1) is 0 Å². The lowest BCUT2D eigenvalue weighted by atomic mass is 9.78. The van der Waals surface area contributed by atoms with Crippen LogP contribution in [0.15, 0.2) is 18.2 Å². The van der Waals surface area contributed by atoms with Crippen LogP contribution < -0.4 is 10.2 Å². The standard InChI is InChI=1S/C13H21BO4/c1-3-4-5-6-11-7-8-13(18-10-17-2)12(9-11)14(15)16/h7-9,15-16H,3-6,10H2,1-2H3. The Bertz CT molecular complexity index is 355. The van der Waals surface area contributed by atoms with Crippen LogP contribution in [-0.2, 0) is 11.2 Å². The van der Waals surface area contributed by atoms with Crippen LogP contribution in [0.25, 0.3) is 0 Å². The summed E-state index contributed by atoms with van der Waals surface area (Å²) in [5, 5.41) is 18.7. The molecule has 0 aliphatic carbocycles. The summed E-state index contributed by atoms with van der Waals surface area (Å²) in [5.74, 6) is 0.450. The van der Waals surface area contributed by atoms with Crippen molar-refractivity contribution in [2.75, 3.05) is 13.9 Å². The van der Waals surface area contributed by atoms with Gasteiger partial charge in [-0.3, -0.25) is 0 Å². The number of hydrogen-bond acceptors (Lipinski definition) is 4. The number of methoxy groups -OCH3 is 1. The maximum atomic E-state index is 9.33. The molecule has 0 heterocycles. The van der Waals surface area contributed by atoms with E-state index < -0.39 is 7.12 Å². The summed E-state index contributed by atoms with van der Waals surface area (Å²) < 4.78 is 10.1. The summed E-state index contributed by atoms with van der Waals surface area (Å²) in [6.45, 7) is 2.25. The molecule has 0 bridgehead atoms. The predicted octanol–water partition coefficient (Wildman–Crippen LogP) is 1.08. The van der Waals surface area contributed by atoms with E-state index in [4.69, 9.17) is 9.47 Å². The van der Waals surface area contributed by atoms with E-state index in [0.29, 0.717) is 11.2 Å². The first-order valence-electron chi connectivity index (χ1n) is 6.29. The first kappa shape index (κ1) is 15.0. The number of ether oxygens (including phenoxy) is 2. The van der Waals surface area contributed by atoms with Gasteiger partial charge in [0.2, 0.25) is 0 Å². The fraction of sp³-hybridized carbons (Fsp3) is 0.538. The zero-order valence-corrected chi connectivity index (χ0v) is 11.1. The van der Waals surface area contributed by atoms with Crippen molar-refractivity contribution in [2.24, 2.45) is 0 Å². The summed E-state index contributed by atoms with van der Waals surface area (Å²) in [5.41, 5.74) is 1.48. The SMILES string of the molecule is CCCCCc1ccc(OCOC)c(B(O)O)c1. The quantitative estimate of drug-likeness (QED) is 0.413. The fourth-order valence-corrected chi connectivity index (χ4v) is 1.79. The highest BCUT2D eigenvalue weighted by Crippen LogP contribution is 2.13. The summed E-state index contributed by atoms with van der Waals surface area (Å²) >= 11 is 0. The lowest BCUT2D eigenvalue weighted by molar-refractivity contribution is 0.0517. The minimum Gasteiger partial charge on any atom is -0.468 e. The van der Waals surface area contributed by atoms with Gasteiger partial charge in [-0.2, -0.15) is 0 Å². The van der Waals surface area contributed by atoms with E-state index in [1.54, 1.807) is 12.1 Å². The number of aryl methyl sites for hydroxylation is 1. The number of hydrogen-bond donors (Lipinski definition) is 2. The molecule has 1 rings (SSSR count). The van der Waals surface area contributed by atoms with Crippen LogP contribution in [0.3, 0.4) is 0 Å². The van der Waals surface area contributed by atoms with Gasteiger partial charge in [0.25, 0.3) is 0 Å². The average molecular weight is 252 g/mol. The summed E-state index contributed by atoms with van der Waals surface area (Å²) in [6.07, 6.45) is 4.40. The molecular formula is C13H21BO4. The Morgan fingerprint density at radius 3 is 2.61 bits per heavy atom. The number of unbranched alkanes of at least 4 members (excludes halogenated alkanes) is 2. The zero-order chi connectivity index (χ0) is 13.4. The maximum absolute atomic E-state index is 9.33. The molecule has 0 unspecified atom stereocenters. The highest BCUT2D eigenvalue weighted by atomic mass is 16.7. The third-order valence-electron chi connectivity index (χ3n) is 2.75. The summed E-state index contributed by atoms with van der Waals surface area (Å²) in [4.78, 5) is 0. The van der Waals surface area contributed by atoms with Crippen LogP contribution in [0.1, 0.15) is 31.7 Å². The van der Waals surface area contributed by atoms with Crippen LogP contribution in [0.5, 0.6) is 5.75 Å². The zero-order valence-electron chi connectivity index (χ0n) is 11.1. The molecular weight excluding hydrogens is 231 g/mol. The highest BCUT2D eigenvalue weighted by molar-refractivity contribution is 6.59. The monoisotopic (exact) mass is 252 g/mol. The van der Waals surface area contributed by atoms with Gasteiger partial charge in [-0.05, 0) is 24.5 Å². The summed E-state index contributed by atoms with van der Waals surface area (Å²) in [7, 11) is -0.00303. The van der Waals surface area contributed by atoms with Crippen molar-refractivity contribution in [3.05, 3.63) is 23.8 Å². The van der Waals surface area contributed by atoms with Gasteiger partial charge >= 0.3 is 7.12 Å². The maximum Gasteiger partial charge on any atom is 0.492 e. The molecule has 0 atom stereocenters. The third kappa shape index (κ3) is 4.68. The molecule has 4 nitrogen and oxygen atoms in total. The first-order valence-corrected chi connectivity index (χ1v) is 6.29. The molecule has 18 heavy (non-hydrogen) atoms. The van der Waals surface area contributed by atoms with Crippen LogP contribution in [0.4, 0.5) is 0 Å². The second kappa shape index (κ2) is 8.13. The van der Waals surface area contributed by atoms with Crippen LogP contribution in [0.2, 0.25) is 0 Å². The second-order valence-electron chi connectivity index (χ2n) is 4.25. The van der Waals surface area contributed by atoms with E-state index in [1.807, 2.05) is 6.07 Å². The van der Waals surface area contributed by atoms with E-state index in [2.05, 4.69) is 6.92 Å². The molecule has 0 aliphatic heterocycles. The van der Waals surface area contributed by atoms with Gasteiger partial charge in [0.1, 0.15) is 5.75 Å². The van der Waals surface area contributed by atoms with Crippen molar-refractivity contribution in [2.45, 2.75) is 32.6 Å². The van der Waals surface area contributed by atoms with Crippen molar-refractivity contribution in [3.8, 4) is 5.75 Å². The van der Waals surface area contributed by atoms with Gasteiger partial charge in [-0.25, -0.2) is 0 Å². The smallest absolute Gasteiger partial charge is 0.468 e. The lowest BCUT2D eigenvalue weighted by Crippen LogP contribution is -2.32. The molecule has 0 aliphatic rings. The van der Waals surface area contributed by atoms with Gasteiger partial charge in [0.15, 0.2) is 6.79 Å². The Hall–Kier alpha value is -1.04. The van der Waals surface area contributed by atoms with E-state index >= 15 is 0 Å². The minimum atomic E-state index is -1.53. The van der Waals surface area contributed by atoms with E-state index in [9.17, 15) is 10.0 Å². The molecule has 0 amide bonds. The Kier molecular flexibility index (Phi) is 6.79. The molecule has 0 saturated heterocycles. The molecule has 1 aromatic carbocycles. The topological polar surface area (TPSA) is 58.9 Å². The van der Waals surface area contributed by atoms with Gasteiger partial charge < -0.3 is 19.5 Å². The van der Waals surface area contributed by atoms with Crippen molar-refractivity contribution in [1.82, 2.24) is 0 Å². The minimum absolute atomic E-state index is 0.0922. The highest BCUT2D eigenvalue weighted by Gasteiger charge is 2.17. The van der Waals surface area contributed by atoms with Crippen molar-refractivity contribution >= 4 is 12.6 Å². The average Bonchev–Trinajstić information content (AvgIpc) is 2.37. The first-order chi connectivity index (χ1) is 8.69. The second-order valence-corrected chi connectivity index (χ2v) is 4.25. The van der Waals surface area contributed by atoms with Crippen molar-refractivity contribution < 1.29 is 19.5 Å². The molecule has 0 saturated carbocycles. The van der Waals surface area contributed by atoms with Gasteiger partial charge in [-0.15, -0.1) is 0 Å². The molecule has 0 aromatic heterocycles. The normalized spacial score (nSPS) is 10.4. The largest absolute Gasteiger partial charge is 0.492 e. The molecule has 0 radical (unpaired) electrons. The molecule has 100 valence electrons. The Balaban J connectivity index is 2.75. The molecule has 0 fully saturated rings. The molecule has 2 N–H and O–H groups in total. The van der Waals surface area contributed by atoms with Crippen molar-refractivity contribution in [1.29, 1.82) is 0 Å². The molecule has 0 spiro atoms. The van der Waals surface area contributed by atoms with Gasteiger partial charge in [-0.1, -0.05) is 31.9 Å². The number of rotatable bonds is 8. The molecule has 5 heteroatoms. The van der Waals surface area contributed by atoms with E-state index in [-0.39, 0.29) is 6.79 Å². The van der Waals surface area contributed by atoms with E-state index in [0.717, 1.165) is 18.4 Å². The van der Waals surface area contributed by atoms with Gasteiger partial charge in [0, 0.05) is 12.6 Å². The van der Waals surface area contributed by atoms with Crippen molar-refractivity contribution in [3.63, 3.8) is 0 Å². The third-order valence-corrected chi connectivity index (χ3v) is 2.75. The van der Waals surface area contributed by atoms with Crippen LogP contribution >= 0.6 is 0 Å². The molecule has 1 aromatic rings.